The van der Waals surface area contributed by atoms with Gasteiger partial charge >= 0.3 is 0 Å². The van der Waals surface area contributed by atoms with Gasteiger partial charge < -0.3 is 4.90 Å². The Morgan fingerprint density at radius 3 is 1.90 bits per heavy atom. The quantitative estimate of drug-likeness (QED) is 0.137. The summed E-state index contributed by atoms with van der Waals surface area (Å²) in [6.45, 7) is 2.30. The maximum absolute atomic E-state index is 6.78. The third-order valence-electron chi connectivity index (χ3n) is 6.61. The van der Waals surface area contributed by atoms with E-state index in [0.29, 0.717) is 28.0 Å². The summed E-state index contributed by atoms with van der Waals surface area (Å²) < 4.78 is 5.61. The van der Waals surface area contributed by atoms with E-state index >= 15 is 0 Å². The second-order valence-corrected chi connectivity index (χ2v) is 10.0. The van der Waals surface area contributed by atoms with Gasteiger partial charge in [-0.25, -0.2) is 9.36 Å². The Hall–Kier alpha value is -4.79. The van der Waals surface area contributed by atoms with E-state index in [0.717, 1.165) is 28.3 Å². The number of benzene rings is 4. The predicted octanol–water partition coefficient (Wildman–Crippen LogP) is 7.91. The van der Waals surface area contributed by atoms with Gasteiger partial charge in [-0.05, 0) is 55.5 Å². The first-order valence-corrected chi connectivity index (χ1v) is 13.9. The molecule has 0 saturated carbocycles. The van der Waals surface area contributed by atoms with Crippen molar-refractivity contribution in [1.82, 2.24) is 24.2 Å². The number of nitrogens with zero attached hydrogens (tertiary/aromatic N) is 7. The van der Waals surface area contributed by atoms with Gasteiger partial charge in [0, 0.05) is 16.9 Å². The molecular formula is C32H26ClN7S. The molecule has 0 aliphatic heterocycles. The Morgan fingerprint density at radius 2 is 1.32 bits per heavy atom. The van der Waals surface area contributed by atoms with Crippen LogP contribution in [0.2, 0.25) is 5.15 Å². The van der Waals surface area contributed by atoms with Crippen molar-refractivity contribution in [2.24, 2.45) is 5.10 Å². The lowest BCUT2D eigenvalue weighted by atomic mass is 10.2. The van der Waals surface area contributed by atoms with E-state index < -0.39 is 0 Å². The molecule has 2 heterocycles. The Bertz CT molecular complexity index is 1810. The summed E-state index contributed by atoms with van der Waals surface area (Å²) >= 11 is 12.7. The molecule has 6 rings (SSSR count). The highest BCUT2D eigenvalue weighted by atomic mass is 35.5. The highest BCUT2D eigenvalue weighted by molar-refractivity contribution is 7.71. The topological polar surface area (TPSA) is 56.2 Å². The average Bonchev–Trinajstić information content (AvgIpc) is 3.50. The van der Waals surface area contributed by atoms with Gasteiger partial charge in [-0.1, -0.05) is 96.5 Å². The van der Waals surface area contributed by atoms with Crippen molar-refractivity contribution in [1.29, 1.82) is 0 Å². The normalized spacial score (nSPS) is 11.3. The number of aryl methyl sites for hydroxylation is 1. The minimum absolute atomic E-state index is 0.390. The smallest absolute Gasteiger partial charge is 0.221 e. The first-order valence-electron chi connectivity index (χ1n) is 13.1. The minimum Gasteiger partial charge on any atom is -0.321 e. The van der Waals surface area contributed by atoms with Crippen LogP contribution < -0.4 is 4.90 Å². The molecule has 0 radical (unpaired) electrons. The fraction of sp³-hybridized carbons (Fsp3) is 0.0625. The van der Waals surface area contributed by atoms with Gasteiger partial charge in [0.1, 0.15) is 11.8 Å². The molecule has 202 valence electrons. The molecule has 7 nitrogen and oxygen atoms in total. The maximum atomic E-state index is 6.78. The van der Waals surface area contributed by atoms with E-state index in [9.17, 15) is 0 Å². The zero-order valence-corrected chi connectivity index (χ0v) is 23.8. The summed E-state index contributed by atoms with van der Waals surface area (Å²) in [5.41, 5.74) is 5.27. The first-order chi connectivity index (χ1) is 20.1. The molecule has 9 heteroatoms. The molecule has 0 spiro atoms. The molecule has 41 heavy (non-hydrogen) atoms. The van der Waals surface area contributed by atoms with Crippen LogP contribution in [0.1, 0.15) is 11.3 Å². The summed E-state index contributed by atoms with van der Waals surface area (Å²) in [6.07, 6.45) is 1.70. The highest BCUT2D eigenvalue weighted by Gasteiger charge is 2.18. The Kier molecular flexibility index (Phi) is 7.58. The second kappa shape index (κ2) is 11.8. The summed E-state index contributed by atoms with van der Waals surface area (Å²) in [7, 11) is 0. The Labute approximate surface area is 248 Å². The summed E-state index contributed by atoms with van der Waals surface area (Å²) in [5, 5.41) is 14.9. The van der Waals surface area contributed by atoms with E-state index in [1.54, 1.807) is 20.3 Å². The molecule has 0 N–H and O–H groups in total. The Balaban J connectivity index is 1.43. The van der Waals surface area contributed by atoms with Crippen molar-refractivity contribution < 1.29 is 0 Å². The molecule has 0 bridgehead atoms. The van der Waals surface area contributed by atoms with Gasteiger partial charge in [-0.15, -0.1) is 5.10 Å². The van der Waals surface area contributed by atoms with E-state index in [2.05, 4.69) is 34.3 Å². The molecule has 0 aliphatic rings. The van der Waals surface area contributed by atoms with Crippen LogP contribution >= 0.6 is 23.8 Å². The number of aromatic nitrogens is 5. The van der Waals surface area contributed by atoms with Gasteiger partial charge in [0.05, 0.1) is 23.2 Å². The predicted molar refractivity (Wildman–Crippen MR) is 168 cm³/mol. The number of hydrogen-bond acceptors (Lipinski definition) is 5. The number of anilines is 2. The minimum atomic E-state index is 0.390. The zero-order valence-electron chi connectivity index (χ0n) is 22.2. The zero-order chi connectivity index (χ0) is 28.2. The molecule has 2 aromatic heterocycles. The van der Waals surface area contributed by atoms with E-state index in [1.165, 1.54) is 0 Å². The van der Waals surface area contributed by atoms with Crippen molar-refractivity contribution in [2.45, 2.75) is 13.6 Å². The first kappa shape index (κ1) is 26.4. The van der Waals surface area contributed by atoms with Crippen LogP contribution in [-0.4, -0.2) is 30.5 Å². The van der Waals surface area contributed by atoms with Gasteiger partial charge in [0.25, 0.3) is 0 Å². The van der Waals surface area contributed by atoms with E-state index in [-0.39, 0.29) is 0 Å². The van der Waals surface area contributed by atoms with Crippen LogP contribution in [-0.2, 0) is 6.67 Å². The number of para-hydroxylation sites is 3. The number of rotatable bonds is 8. The lowest BCUT2D eigenvalue weighted by Crippen LogP contribution is -2.22. The SMILES string of the molecule is Cc1nn(-c2ccccc2)c(Cl)c1/C=N/n1c(-c2ccccc2)nn(CN(c2ccccc2)c2ccccc2)c1=S. The van der Waals surface area contributed by atoms with Crippen LogP contribution in [0.15, 0.2) is 126 Å². The van der Waals surface area contributed by atoms with Crippen LogP contribution in [0.4, 0.5) is 11.4 Å². The Morgan fingerprint density at radius 1 is 0.780 bits per heavy atom. The van der Waals surface area contributed by atoms with Gasteiger partial charge in [-0.3, -0.25) is 0 Å². The maximum Gasteiger partial charge on any atom is 0.221 e. The number of hydrogen-bond donors (Lipinski definition) is 0. The van der Waals surface area contributed by atoms with Gasteiger partial charge in [-0.2, -0.15) is 14.9 Å². The standard InChI is InChI=1S/C32H26ClN7S/c1-24-29(30(33)39(35-24)28-20-12-5-13-21-28)22-34-40-31(25-14-6-2-7-15-25)36-38(32(40)41)23-37(26-16-8-3-9-17-26)27-18-10-4-11-19-27/h2-22H,23H2,1H3/b34-22+. The van der Waals surface area contributed by atoms with Crippen LogP contribution in [0, 0.1) is 11.7 Å². The highest BCUT2D eigenvalue weighted by Crippen LogP contribution is 2.27. The van der Waals surface area contributed by atoms with Gasteiger partial charge in [0.15, 0.2) is 5.82 Å². The third-order valence-corrected chi connectivity index (χ3v) is 7.36. The second-order valence-electron chi connectivity index (χ2n) is 9.31. The summed E-state index contributed by atoms with van der Waals surface area (Å²) in [5.74, 6) is 0.622. The van der Waals surface area contributed by atoms with Crippen molar-refractivity contribution in [2.75, 3.05) is 4.90 Å². The lowest BCUT2D eigenvalue weighted by molar-refractivity contribution is 0.608. The molecule has 0 aliphatic carbocycles. The third kappa shape index (κ3) is 5.48. The monoisotopic (exact) mass is 575 g/mol. The molecule has 4 aromatic carbocycles. The van der Waals surface area contributed by atoms with Crippen molar-refractivity contribution in [3.63, 3.8) is 0 Å². The number of halogens is 1. The van der Waals surface area contributed by atoms with E-state index in [4.69, 9.17) is 34.0 Å². The average molecular weight is 576 g/mol. The van der Waals surface area contributed by atoms with Crippen molar-refractivity contribution in [3.05, 3.63) is 143 Å². The van der Waals surface area contributed by atoms with Crippen molar-refractivity contribution >= 4 is 41.4 Å². The van der Waals surface area contributed by atoms with Crippen LogP contribution in [0.3, 0.4) is 0 Å². The molecule has 0 fully saturated rings. The molecule has 6 aromatic rings. The fourth-order valence-corrected chi connectivity index (χ4v) is 5.09. The molecule has 0 unspecified atom stereocenters. The van der Waals surface area contributed by atoms with Gasteiger partial charge in [0.2, 0.25) is 4.77 Å². The fourth-order valence-electron chi connectivity index (χ4n) is 4.54. The molecular weight excluding hydrogens is 550 g/mol. The van der Waals surface area contributed by atoms with Crippen LogP contribution in [0.25, 0.3) is 17.1 Å². The summed E-state index contributed by atoms with van der Waals surface area (Å²) in [6, 6.07) is 40.0. The molecule has 0 saturated heterocycles. The van der Waals surface area contributed by atoms with Crippen molar-refractivity contribution in [3.8, 4) is 17.1 Å². The van der Waals surface area contributed by atoms with Crippen LogP contribution in [0.5, 0.6) is 0 Å². The lowest BCUT2D eigenvalue weighted by Gasteiger charge is -2.24. The molecule has 0 atom stereocenters. The summed E-state index contributed by atoms with van der Waals surface area (Å²) in [4.78, 5) is 2.16. The largest absolute Gasteiger partial charge is 0.321 e. The van der Waals surface area contributed by atoms with E-state index in [1.807, 2.05) is 104 Å². The molecule has 0 amide bonds.